The molecule has 2 rings (SSSR count). The van der Waals surface area contributed by atoms with Crippen LogP contribution in [0, 0.1) is 5.92 Å². The van der Waals surface area contributed by atoms with Crippen LogP contribution in [0.4, 0.5) is 5.69 Å². The number of benzene rings is 1. The first kappa shape index (κ1) is 12.9. The largest absolute Gasteiger partial charge is 0.493 e. The quantitative estimate of drug-likeness (QED) is 0.808. The highest BCUT2D eigenvalue weighted by Crippen LogP contribution is 2.40. The SMILES string of the molecule is COc1cc(NCCC2CC2)cc(OC)c1OC. The van der Waals surface area contributed by atoms with Crippen molar-refractivity contribution in [2.75, 3.05) is 33.2 Å². The lowest BCUT2D eigenvalue weighted by Gasteiger charge is -2.15. The van der Waals surface area contributed by atoms with E-state index in [1.54, 1.807) is 21.3 Å². The van der Waals surface area contributed by atoms with Crippen LogP contribution in [0.2, 0.25) is 0 Å². The maximum atomic E-state index is 5.31. The Morgan fingerprint density at radius 2 is 1.67 bits per heavy atom. The third kappa shape index (κ3) is 3.00. The van der Waals surface area contributed by atoms with Gasteiger partial charge in [0.15, 0.2) is 11.5 Å². The smallest absolute Gasteiger partial charge is 0.203 e. The maximum absolute atomic E-state index is 5.31. The van der Waals surface area contributed by atoms with Gasteiger partial charge in [-0.05, 0) is 12.3 Å². The molecule has 18 heavy (non-hydrogen) atoms. The number of ether oxygens (including phenoxy) is 3. The van der Waals surface area contributed by atoms with Crippen LogP contribution in [-0.4, -0.2) is 27.9 Å². The van der Waals surface area contributed by atoms with Crippen molar-refractivity contribution in [3.8, 4) is 17.2 Å². The lowest BCUT2D eigenvalue weighted by molar-refractivity contribution is 0.324. The van der Waals surface area contributed by atoms with Gasteiger partial charge >= 0.3 is 0 Å². The molecule has 0 spiro atoms. The molecule has 1 aliphatic carbocycles. The molecule has 1 fully saturated rings. The summed E-state index contributed by atoms with van der Waals surface area (Å²) >= 11 is 0. The molecule has 0 atom stereocenters. The first-order valence-corrected chi connectivity index (χ1v) is 6.32. The topological polar surface area (TPSA) is 39.7 Å². The zero-order chi connectivity index (χ0) is 13.0. The van der Waals surface area contributed by atoms with Crippen LogP contribution in [-0.2, 0) is 0 Å². The van der Waals surface area contributed by atoms with Crippen LogP contribution in [0.1, 0.15) is 19.3 Å². The average Bonchev–Trinajstić information content (AvgIpc) is 3.21. The first-order chi connectivity index (χ1) is 8.78. The lowest BCUT2D eigenvalue weighted by atomic mass is 10.2. The molecule has 1 aliphatic rings. The highest BCUT2D eigenvalue weighted by molar-refractivity contribution is 5.62. The van der Waals surface area contributed by atoms with E-state index in [-0.39, 0.29) is 0 Å². The number of hydrogen-bond donors (Lipinski definition) is 1. The van der Waals surface area contributed by atoms with Gasteiger partial charge in [-0.1, -0.05) is 12.8 Å². The summed E-state index contributed by atoms with van der Waals surface area (Å²) in [4.78, 5) is 0. The van der Waals surface area contributed by atoms with Crippen molar-refractivity contribution < 1.29 is 14.2 Å². The molecule has 0 unspecified atom stereocenters. The zero-order valence-corrected chi connectivity index (χ0v) is 11.3. The van der Waals surface area contributed by atoms with Gasteiger partial charge < -0.3 is 19.5 Å². The van der Waals surface area contributed by atoms with Gasteiger partial charge in [0, 0.05) is 24.4 Å². The summed E-state index contributed by atoms with van der Waals surface area (Å²) in [5, 5.41) is 3.40. The summed E-state index contributed by atoms with van der Waals surface area (Å²) in [6, 6.07) is 3.88. The van der Waals surface area contributed by atoms with E-state index >= 15 is 0 Å². The summed E-state index contributed by atoms with van der Waals surface area (Å²) in [6.45, 7) is 0.989. The van der Waals surface area contributed by atoms with Gasteiger partial charge in [0.1, 0.15) is 0 Å². The standard InChI is InChI=1S/C14H21NO3/c1-16-12-8-11(15-7-6-10-4-5-10)9-13(17-2)14(12)18-3/h8-10,15H,4-7H2,1-3H3. The fourth-order valence-electron chi connectivity index (χ4n) is 2.01. The maximum Gasteiger partial charge on any atom is 0.203 e. The van der Waals surface area contributed by atoms with Crippen molar-refractivity contribution in [2.45, 2.75) is 19.3 Å². The fourth-order valence-corrected chi connectivity index (χ4v) is 2.01. The second-order valence-corrected chi connectivity index (χ2v) is 4.57. The van der Waals surface area contributed by atoms with Crippen molar-refractivity contribution in [3.05, 3.63) is 12.1 Å². The highest BCUT2D eigenvalue weighted by atomic mass is 16.5. The molecule has 0 heterocycles. The predicted octanol–water partition coefficient (Wildman–Crippen LogP) is 2.92. The molecule has 0 saturated heterocycles. The van der Waals surface area contributed by atoms with Crippen molar-refractivity contribution in [1.29, 1.82) is 0 Å². The zero-order valence-electron chi connectivity index (χ0n) is 11.3. The Morgan fingerprint density at radius 3 is 2.11 bits per heavy atom. The third-order valence-electron chi connectivity index (χ3n) is 3.24. The monoisotopic (exact) mass is 251 g/mol. The Kier molecular flexibility index (Phi) is 4.18. The molecule has 0 radical (unpaired) electrons. The van der Waals surface area contributed by atoms with Gasteiger partial charge in [-0.25, -0.2) is 0 Å². The molecule has 4 nitrogen and oxygen atoms in total. The van der Waals surface area contributed by atoms with E-state index in [1.165, 1.54) is 19.3 Å². The molecule has 4 heteroatoms. The molecule has 1 aromatic carbocycles. The Balaban J connectivity index is 2.08. The second-order valence-electron chi connectivity index (χ2n) is 4.57. The second kappa shape index (κ2) is 5.85. The molecule has 0 aromatic heterocycles. The first-order valence-electron chi connectivity index (χ1n) is 6.32. The molecule has 0 amide bonds. The Hall–Kier alpha value is -1.58. The summed E-state index contributed by atoms with van der Waals surface area (Å²) in [5.41, 5.74) is 1.00. The normalized spacial score (nSPS) is 14.2. The Morgan fingerprint density at radius 1 is 1.06 bits per heavy atom. The van der Waals surface area contributed by atoms with E-state index in [4.69, 9.17) is 14.2 Å². The molecule has 1 saturated carbocycles. The summed E-state index contributed by atoms with van der Waals surface area (Å²) < 4.78 is 15.9. The summed E-state index contributed by atoms with van der Waals surface area (Å²) in [6.07, 6.45) is 4.00. The molecule has 0 bridgehead atoms. The van der Waals surface area contributed by atoms with Crippen LogP contribution in [0.15, 0.2) is 12.1 Å². The van der Waals surface area contributed by atoms with Gasteiger partial charge in [-0.15, -0.1) is 0 Å². The van der Waals surface area contributed by atoms with E-state index in [9.17, 15) is 0 Å². The van der Waals surface area contributed by atoms with Crippen LogP contribution in [0.25, 0.3) is 0 Å². The van der Waals surface area contributed by atoms with E-state index in [1.807, 2.05) is 12.1 Å². The minimum atomic E-state index is 0.632. The van der Waals surface area contributed by atoms with Crippen molar-refractivity contribution in [2.24, 2.45) is 5.92 Å². The van der Waals surface area contributed by atoms with Crippen LogP contribution in [0.5, 0.6) is 17.2 Å². The number of methoxy groups -OCH3 is 3. The van der Waals surface area contributed by atoms with Gasteiger partial charge in [0.2, 0.25) is 5.75 Å². The van der Waals surface area contributed by atoms with Gasteiger partial charge in [-0.2, -0.15) is 0 Å². The Labute approximate surface area is 108 Å². The van der Waals surface area contributed by atoms with E-state index < -0.39 is 0 Å². The third-order valence-corrected chi connectivity index (χ3v) is 3.24. The van der Waals surface area contributed by atoms with Crippen LogP contribution >= 0.6 is 0 Å². The fraction of sp³-hybridized carbons (Fsp3) is 0.571. The number of hydrogen-bond acceptors (Lipinski definition) is 4. The van der Waals surface area contributed by atoms with E-state index in [0.29, 0.717) is 17.2 Å². The highest BCUT2D eigenvalue weighted by Gasteiger charge is 2.20. The average molecular weight is 251 g/mol. The van der Waals surface area contributed by atoms with Gasteiger partial charge in [0.05, 0.1) is 21.3 Å². The summed E-state index contributed by atoms with van der Waals surface area (Å²) in [7, 11) is 4.87. The minimum absolute atomic E-state index is 0.632. The van der Waals surface area contributed by atoms with Crippen molar-refractivity contribution in [3.63, 3.8) is 0 Å². The van der Waals surface area contributed by atoms with Gasteiger partial charge in [0.25, 0.3) is 0 Å². The molecule has 1 N–H and O–H groups in total. The van der Waals surface area contributed by atoms with Crippen molar-refractivity contribution in [1.82, 2.24) is 0 Å². The summed E-state index contributed by atoms with van der Waals surface area (Å²) in [5.74, 6) is 2.93. The van der Waals surface area contributed by atoms with E-state index in [0.717, 1.165) is 18.2 Å². The molecular weight excluding hydrogens is 230 g/mol. The lowest BCUT2D eigenvalue weighted by Crippen LogP contribution is -2.03. The number of rotatable bonds is 7. The molecule has 1 aromatic rings. The predicted molar refractivity (Wildman–Crippen MR) is 71.9 cm³/mol. The molecular formula is C14H21NO3. The van der Waals surface area contributed by atoms with E-state index in [2.05, 4.69) is 5.32 Å². The number of nitrogens with one attached hydrogen (secondary N) is 1. The molecule has 0 aliphatic heterocycles. The minimum Gasteiger partial charge on any atom is -0.493 e. The number of anilines is 1. The Bertz CT molecular complexity index is 377. The van der Waals surface area contributed by atoms with Crippen molar-refractivity contribution >= 4 is 5.69 Å². The van der Waals surface area contributed by atoms with Crippen LogP contribution in [0.3, 0.4) is 0 Å². The molecule has 100 valence electrons. The van der Waals surface area contributed by atoms with Gasteiger partial charge in [-0.3, -0.25) is 0 Å². The van der Waals surface area contributed by atoms with Crippen LogP contribution < -0.4 is 19.5 Å².